The highest BCUT2D eigenvalue weighted by molar-refractivity contribution is 6.04. The lowest BCUT2D eigenvalue weighted by Gasteiger charge is -2.18. The lowest BCUT2D eigenvalue weighted by Crippen LogP contribution is -2.32. The van der Waals surface area contributed by atoms with E-state index in [2.05, 4.69) is 5.32 Å². The SMILES string of the molecule is CC(=O)N(C)c1ccccc1C(=O)NCC[C@H](O)C(=O)O. The van der Waals surface area contributed by atoms with Gasteiger partial charge < -0.3 is 20.4 Å². The third kappa shape index (κ3) is 4.57. The maximum absolute atomic E-state index is 12.1. The van der Waals surface area contributed by atoms with Gasteiger partial charge in [-0.2, -0.15) is 0 Å². The number of carboxylic acids is 1. The fourth-order valence-electron chi connectivity index (χ4n) is 1.67. The summed E-state index contributed by atoms with van der Waals surface area (Å²) >= 11 is 0. The molecular weight excluding hydrogens is 276 g/mol. The Balaban J connectivity index is 2.75. The number of rotatable bonds is 6. The van der Waals surface area contributed by atoms with E-state index in [0.29, 0.717) is 11.3 Å². The van der Waals surface area contributed by atoms with Crippen LogP contribution in [-0.2, 0) is 9.59 Å². The van der Waals surface area contributed by atoms with Crippen molar-refractivity contribution < 1.29 is 24.6 Å². The molecule has 0 aromatic heterocycles. The summed E-state index contributed by atoms with van der Waals surface area (Å²) in [6, 6.07) is 6.58. The number of anilines is 1. The van der Waals surface area contributed by atoms with Crippen LogP contribution in [0, 0.1) is 0 Å². The Morgan fingerprint density at radius 1 is 1.29 bits per heavy atom. The van der Waals surface area contributed by atoms with E-state index in [-0.39, 0.29) is 18.9 Å². The molecule has 0 saturated carbocycles. The summed E-state index contributed by atoms with van der Waals surface area (Å²) in [6.45, 7) is 1.41. The van der Waals surface area contributed by atoms with Crippen LogP contribution in [0.3, 0.4) is 0 Å². The van der Waals surface area contributed by atoms with Crippen molar-refractivity contribution >= 4 is 23.5 Å². The summed E-state index contributed by atoms with van der Waals surface area (Å²) in [5, 5.41) is 20.2. The molecule has 7 nitrogen and oxygen atoms in total. The van der Waals surface area contributed by atoms with Crippen molar-refractivity contribution in [2.75, 3.05) is 18.5 Å². The lowest BCUT2D eigenvalue weighted by molar-refractivity contribution is -0.146. The van der Waals surface area contributed by atoms with E-state index in [1.165, 1.54) is 11.8 Å². The highest BCUT2D eigenvalue weighted by Gasteiger charge is 2.17. The van der Waals surface area contributed by atoms with Gasteiger partial charge in [0.25, 0.3) is 5.91 Å². The van der Waals surface area contributed by atoms with Gasteiger partial charge in [-0.05, 0) is 12.1 Å². The summed E-state index contributed by atoms with van der Waals surface area (Å²) < 4.78 is 0. The molecule has 0 unspecified atom stereocenters. The average molecular weight is 294 g/mol. The number of para-hydroxylation sites is 1. The third-order valence-electron chi connectivity index (χ3n) is 2.97. The molecule has 1 aromatic rings. The first-order valence-corrected chi connectivity index (χ1v) is 6.37. The number of carbonyl (C=O) groups excluding carboxylic acids is 2. The quantitative estimate of drug-likeness (QED) is 0.696. The minimum absolute atomic E-state index is 0.0183. The second-order valence-electron chi connectivity index (χ2n) is 4.49. The smallest absolute Gasteiger partial charge is 0.332 e. The predicted molar refractivity (Wildman–Crippen MR) is 76.1 cm³/mol. The topological polar surface area (TPSA) is 107 Å². The molecule has 0 aliphatic carbocycles. The highest BCUT2D eigenvalue weighted by atomic mass is 16.4. The zero-order chi connectivity index (χ0) is 16.0. The molecule has 2 amide bonds. The van der Waals surface area contributed by atoms with Gasteiger partial charge in [0.15, 0.2) is 6.10 Å². The Hall–Kier alpha value is -2.41. The Labute approximate surface area is 122 Å². The van der Waals surface area contributed by atoms with Crippen LogP contribution in [0.1, 0.15) is 23.7 Å². The maximum atomic E-state index is 12.1. The molecule has 1 aromatic carbocycles. The predicted octanol–water partition coefficient (Wildman–Crippen LogP) is 0.235. The highest BCUT2D eigenvalue weighted by Crippen LogP contribution is 2.19. The fourth-order valence-corrected chi connectivity index (χ4v) is 1.67. The molecule has 114 valence electrons. The van der Waals surface area contributed by atoms with Crippen molar-refractivity contribution in [1.29, 1.82) is 0 Å². The summed E-state index contributed by atoms with van der Waals surface area (Å²) in [6.07, 6.45) is -1.60. The standard InChI is InChI=1S/C14H18N2O5/c1-9(17)16(2)11-6-4-3-5-10(11)13(19)15-8-7-12(18)14(20)21/h3-6,12,18H,7-8H2,1-2H3,(H,15,19)(H,20,21)/t12-/m0/s1. The van der Waals surface area contributed by atoms with Crippen molar-refractivity contribution in [2.45, 2.75) is 19.4 Å². The van der Waals surface area contributed by atoms with E-state index in [1.54, 1.807) is 31.3 Å². The van der Waals surface area contributed by atoms with Gasteiger partial charge in [-0.25, -0.2) is 4.79 Å². The number of carboxylic acid groups (broad SMARTS) is 1. The van der Waals surface area contributed by atoms with Gasteiger partial charge in [0, 0.05) is 26.9 Å². The van der Waals surface area contributed by atoms with Crippen LogP contribution in [0.5, 0.6) is 0 Å². The minimum Gasteiger partial charge on any atom is -0.479 e. The van der Waals surface area contributed by atoms with E-state index >= 15 is 0 Å². The van der Waals surface area contributed by atoms with Crippen LogP contribution >= 0.6 is 0 Å². The molecule has 0 radical (unpaired) electrons. The number of amides is 2. The third-order valence-corrected chi connectivity index (χ3v) is 2.97. The molecule has 7 heteroatoms. The van der Waals surface area contributed by atoms with Crippen molar-refractivity contribution in [3.8, 4) is 0 Å². The van der Waals surface area contributed by atoms with Gasteiger partial charge in [-0.15, -0.1) is 0 Å². The molecule has 1 rings (SSSR count). The summed E-state index contributed by atoms with van der Waals surface area (Å²) in [4.78, 5) is 35.3. The van der Waals surface area contributed by atoms with Crippen molar-refractivity contribution in [3.63, 3.8) is 0 Å². The van der Waals surface area contributed by atoms with E-state index in [4.69, 9.17) is 10.2 Å². The number of nitrogens with zero attached hydrogens (tertiary/aromatic N) is 1. The van der Waals surface area contributed by atoms with Crippen molar-refractivity contribution in [3.05, 3.63) is 29.8 Å². The number of carbonyl (C=O) groups is 3. The molecule has 0 fully saturated rings. The Morgan fingerprint density at radius 3 is 2.48 bits per heavy atom. The molecule has 0 spiro atoms. The second kappa shape index (κ2) is 7.39. The summed E-state index contributed by atoms with van der Waals surface area (Å²) in [5.74, 6) is -1.98. The first-order chi connectivity index (χ1) is 9.84. The number of nitrogens with one attached hydrogen (secondary N) is 1. The molecule has 0 heterocycles. The van der Waals surface area contributed by atoms with Gasteiger partial charge in [-0.3, -0.25) is 9.59 Å². The molecule has 21 heavy (non-hydrogen) atoms. The minimum atomic E-state index is -1.51. The lowest BCUT2D eigenvalue weighted by atomic mass is 10.1. The van der Waals surface area contributed by atoms with E-state index in [0.717, 1.165) is 0 Å². The average Bonchev–Trinajstić information content (AvgIpc) is 2.45. The largest absolute Gasteiger partial charge is 0.479 e. The van der Waals surface area contributed by atoms with Crippen LogP contribution in [0.4, 0.5) is 5.69 Å². The normalized spacial score (nSPS) is 11.6. The fraction of sp³-hybridized carbons (Fsp3) is 0.357. The Bertz CT molecular complexity index is 544. The van der Waals surface area contributed by atoms with Gasteiger partial charge in [-0.1, -0.05) is 12.1 Å². The molecular formula is C14H18N2O5. The zero-order valence-corrected chi connectivity index (χ0v) is 11.9. The molecule has 0 bridgehead atoms. The summed E-state index contributed by atoms with van der Waals surface area (Å²) in [5.41, 5.74) is 0.765. The first kappa shape index (κ1) is 16.6. The molecule has 0 aliphatic rings. The van der Waals surface area contributed by atoms with Gasteiger partial charge in [0.1, 0.15) is 0 Å². The summed E-state index contributed by atoms with van der Waals surface area (Å²) in [7, 11) is 1.56. The molecule has 3 N–H and O–H groups in total. The van der Waals surface area contributed by atoms with E-state index < -0.39 is 18.0 Å². The Kier molecular flexibility index (Phi) is 5.86. The van der Waals surface area contributed by atoms with Crippen molar-refractivity contribution in [2.24, 2.45) is 0 Å². The van der Waals surface area contributed by atoms with Crippen LogP contribution in [0.25, 0.3) is 0 Å². The van der Waals surface area contributed by atoms with Gasteiger partial charge in [0.05, 0.1) is 11.3 Å². The maximum Gasteiger partial charge on any atom is 0.332 e. The molecule has 0 saturated heterocycles. The van der Waals surface area contributed by atoms with Crippen LogP contribution in [-0.4, -0.2) is 47.7 Å². The number of aliphatic hydroxyl groups is 1. The number of benzene rings is 1. The number of hydrogen-bond donors (Lipinski definition) is 3. The number of aliphatic carboxylic acids is 1. The Morgan fingerprint density at radius 2 is 1.90 bits per heavy atom. The zero-order valence-electron chi connectivity index (χ0n) is 11.9. The second-order valence-corrected chi connectivity index (χ2v) is 4.49. The molecule has 0 aliphatic heterocycles. The van der Waals surface area contributed by atoms with E-state index in [1.807, 2.05) is 0 Å². The van der Waals surface area contributed by atoms with Crippen LogP contribution in [0.2, 0.25) is 0 Å². The first-order valence-electron chi connectivity index (χ1n) is 6.37. The van der Waals surface area contributed by atoms with Gasteiger partial charge in [0.2, 0.25) is 5.91 Å². The number of hydrogen-bond acceptors (Lipinski definition) is 4. The van der Waals surface area contributed by atoms with Crippen molar-refractivity contribution in [1.82, 2.24) is 5.32 Å². The van der Waals surface area contributed by atoms with E-state index in [9.17, 15) is 14.4 Å². The monoisotopic (exact) mass is 294 g/mol. The molecule has 1 atom stereocenters. The number of aliphatic hydroxyl groups excluding tert-OH is 1. The van der Waals surface area contributed by atoms with Crippen LogP contribution < -0.4 is 10.2 Å². The van der Waals surface area contributed by atoms with Gasteiger partial charge >= 0.3 is 5.97 Å². The van der Waals surface area contributed by atoms with Crippen LogP contribution in [0.15, 0.2) is 24.3 Å².